The standard InChI is InChI=1S/C15H26N2O3/c1-11-4-6-15(7-5-11,12(18)19)16-13(20)17-9-8-14(2,3)10-17/h11H,4-10H2,1-3H3,(H,16,20)(H,18,19). The molecule has 0 aromatic carbocycles. The van der Waals surface area contributed by atoms with Gasteiger partial charge in [-0.15, -0.1) is 0 Å². The molecule has 2 rings (SSSR count). The van der Waals surface area contributed by atoms with E-state index in [1.165, 1.54) is 0 Å². The predicted molar refractivity (Wildman–Crippen MR) is 76.5 cm³/mol. The molecule has 0 bridgehead atoms. The van der Waals surface area contributed by atoms with Crippen molar-refractivity contribution in [2.75, 3.05) is 13.1 Å². The SMILES string of the molecule is CC1CCC(NC(=O)N2CCC(C)(C)C2)(C(=O)O)CC1. The van der Waals surface area contributed by atoms with Crippen molar-refractivity contribution in [1.82, 2.24) is 10.2 Å². The molecule has 2 N–H and O–H groups in total. The van der Waals surface area contributed by atoms with Gasteiger partial charge in [0.1, 0.15) is 5.54 Å². The largest absolute Gasteiger partial charge is 0.480 e. The molecule has 1 aliphatic heterocycles. The minimum absolute atomic E-state index is 0.134. The zero-order chi connectivity index (χ0) is 15.0. The predicted octanol–water partition coefficient (Wildman–Crippen LogP) is 2.46. The molecule has 5 heteroatoms. The van der Waals surface area contributed by atoms with E-state index in [0.717, 1.165) is 19.3 Å². The Kier molecular flexibility index (Phi) is 3.98. The number of hydrogen-bond acceptors (Lipinski definition) is 2. The molecule has 0 aromatic heterocycles. The van der Waals surface area contributed by atoms with Crippen molar-refractivity contribution in [3.63, 3.8) is 0 Å². The van der Waals surface area contributed by atoms with Crippen LogP contribution in [0.5, 0.6) is 0 Å². The number of carboxylic acids is 1. The van der Waals surface area contributed by atoms with Crippen LogP contribution in [0.1, 0.15) is 52.9 Å². The first kappa shape index (κ1) is 15.1. The highest BCUT2D eigenvalue weighted by atomic mass is 16.4. The van der Waals surface area contributed by atoms with Gasteiger partial charge >= 0.3 is 12.0 Å². The Hall–Kier alpha value is -1.26. The lowest BCUT2D eigenvalue weighted by atomic mass is 9.77. The van der Waals surface area contributed by atoms with Gasteiger partial charge in [-0.25, -0.2) is 9.59 Å². The molecule has 20 heavy (non-hydrogen) atoms. The van der Waals surface area contributed by atoms with Crippen LogP contribution in [-0.4, -0.2) is 40.6 Å². The third kappa shape index (κ3) is 3.07. The lowest BCUT2D eigenvalue weighted by molar-refractivity contribution is -0.146. The summed E-state index contributed by atoms with van der Waals surface area (Å²) in [5, 5.41) is 12.4. The molecule has 1 saturated heterocycles. The van der Waals surface area contributed by atoms with Crippen LogP contribution in [-0.2, 0) is 4.79 Å². The van der Waals surface area contributed by atoms with Crippen molar-refractivity contribution < 1.29 is 14.7 Å². The Morgan fingerprint density at radius 3 is 2.25 bits per heavy atom. The fraction of sp³-hybridized carbons (Fsp3) is 0.867. The summed E-state index contributed by atoms with van der Waals surface area (Å²) in [5.41, 5.74) is -0.925. The molecule has 0 aromatic rings. The molecular formula is C15H26N2O3. The minimum atomic E-state index is -1.06. The van der Waals surface area contributed by atoms with E-state index in [0.29, 0.717) is 31.8 Å². The lowest BCUT2D eigenvalue weighted by Crippen LogP contribution is -2.59. The highest BCUT2D eigenvalue weighted by molar-refractivity contribution is 5.86. The number of amides is 2. The van der Waals surface area contributed by atoms with E-state index in [1.54, 1.807) is 4.90 Å². The monoisotopic (exact) mass is 282 g/mol. The molecular weight excluding hydrogens is 256 g/mol. The molecule has 2 amide bonds. The third-order valence-corrected chi connectivity index (χ3v) is 4.85. The molecule has 5 nitrogen and oxygen atoms in total. The quantitative estimate of drug-likeness (QED) is 0.817. The number of rotatable bonds is 2. The van der Waals surface area contributed by atoms with Crippen LogP contribution < -0.4 is 5.32 Å². The number of nitrogens with one attached hydrogen (secondary N) is 1. The second-order valence-electron chi connectivity index (χ2n) is 7.34. The molecule has 2 aliphatic rings. The molecule has 0 atom stereocenters. The summed E-state index contributed by atoms with van der Waals surface area (Å²) in [4.78, 5) is 25.7. The molecule has 1 heterocycles. The Balaban J connectivity index is 2.02. The van der Waals surface area contributed by atoms with Crippen LogP contribution >= 0.6 is 0 Å². The van der Waals surface area contributed by atoms with Crippen molar-refractivity contribution >= 4 is 12.0 Å². The maximum absolute atomic E-state index is 12.3. The molecule has 0 radical (unpaired) electrons. The van der Waals surface area contributed by atoms with Crippen molar-refractivity contribution in [2.45, 2.75) is 58.4 Å². The van der Waals surface area contributed by atoms with E-state index in [-0.39, 0.29) is 11.4 Å². The molecule has 0 unspecified atom stereocenters. The van der Waals surface area contributed by atoms with E-state index in [1.807, 2.05) is 0 Å². The third-order valence-electron chi connectivity index (χ3n) is 4.85. The average Bonchev–Trinajstić information content (AvgIpc) is 2.73. The zero-order valence-electron chi connectivity index (χ0n) is 12.7. The summed E-state index contributed by atoms with van der Waals surface area (Å²) >= 11 is 0. The van der Waals surface area contributed by atoms with Crippen molar-refractivity contribution in [1.29, 1.82) is 0 Å². The highest BCUT2D eigenvalue weighted by Crippen LogP contribution is 2.33. The number of aliphatic carboxylic acids is 1. The summed E-state index contributed by atoms with van der Waals surface area (Å²) in [5.74, 6) is -0.346. The number of carbonyl (C=O) groups is 2. The fourth-order valence-corrected chi connectivity index (χ4v) is 3.22. The number of urea groups is 1. The van der Waals surface area contributed by atoms with Crippen LogP contribution in [0.25, 0.3) is 0 Å². The van der Waals surface area contributed by atoms with Gasteiger partial charge in [-0.1, -0.05) is 20.8 Å². The van der Waals surface area contributed by atoms with Gasteiger partial charge < -0.3 is 15.3 Å². The molecule has 1 saturated carbocycles. The van der Waals surface area contributed by atoms with Gasteiger partial charge in [0.15, 0.2) is 0 Å². The first-order valence-electron chi connectivity index (χ1n) is 7.55. The van der Waals surface area contributed by atoms with Crippen LogP contribution in [0.2, 0.25) is 0 Å². The van der Waals surface area contributed by atoms with E-state index in [2.05, 4.69) is 26.1 Å². The second kappa shape index (κ2) is 5.26. The number of carbonyl (C=O) groups excluding carboxylic acids is 1. The summed E-state index contributed by atoms with van der Waals surface area (Å²) in [6.45, 7) is 7.82. The van der Waals surface area contributed by atoms with Gasteiger partial charge in [-0.3, -0.25) is 0 Å². The van der Waals surface area contributed by atoms with Crippen LogP contribution in [0.15, 0.2) is 0 Å². The van der Waals surface area contributed by atoms with Gasteiger partial charge in [0.25, 0.3) is 0 Å². The van der Waals surface area contributed by atoms with E-state index in [9.17, 15) is 14.7 Å². The Morgan fingerprint density at radius 1 is 1.20 bits per heavy atom. The molecule has 114 valence electrons. The molecule has 0 spiro atoms. The molecule has 2 fully saturated rings. The summed E-state index contributed by atoms with van der Waals surface area (Å²) in [6, 6.07) is -0.215. The van der Waals surface area contributed by atoms with E-state index >= 15 is 0 Å². The smallest absolute Gasteiger partial charge is 0.329 e. The summed E-state index contributed by atoms with van der Waals surface area (Å²) < 4.78 is 0. The fourth-order valence-electron chi connectivity index (χ4n) is 3.22. The second-order valence-corrected chi connectivity index (χ2v) is 7.34. The topological polar surface area (TPSA) is 69.6 Å². The average molecular weight is 282 g/mol. The Labute approximate surface area is 120 Å². The highest BCUT2D eigenvalue weighted by Gasteiger charge is 2.44. The van der Waals surface area contributed by atoms with Crippen molar-refractivity contribution in [2.24, 2.45) is 11.3 Å². The first-order chi connectivity index (χ1) is 9.24. The van der Waals surface area contributed by atoms with Gasteiger partial charge in [0, 0.05) is 13.1 Å². The number of likely N-dealkylation sites (tertiary alicyclic amines) is 1. The number of nitrogens with zero attached hydrogens (tertiary/aromatic N) is 1. The normalized spacial score (nSPS) is 33.0. The minimum Gasteiger partial charge on any atom is -0.480 e. The number of carboxylic acid groups (broad SMARTS) is 1. The van der Waals surface area contributed by atoms with Gasteiger partial charge in [0.2, 0.25) is 0 Å². The zero-order valence-corrected chi connectivity index (χ0v) is 12.7. The first-order valence-corrected chi connectivity index (χ1v) is 7.55. The summed E-state index contributed by atoms with van der Waals surface area (Å²) in [6.07, 6.45) is 3.76. The van der Waals surface area contributed by atoms with Gasteiger partial charge in [-0.2, -0.15) is 0 Å². The van der Waals surface area contributed by atoms with E-state index < -0.39 is 11.5 Å². The maximum atomic E-state index is 12.3. The maximum Gasteiger partial charge on any atom is 0.329 e. The van der Waals surface area contributed by atoms with Crippen LogP contribution in [0.3, 0.4) is 0 Å². The number of hydrogen-bond donors (Lipinski definition) is 2. The summed E-state index contributed by atoms with van der Waals surface area (Å²) in [7, 11) is 0. The van der Waals surface area contributed by atoms with Crippen LogP contribution in [0, 0.1) is 11.3 Å². The Bertz CT molecular complexity index is 398. The van der Waals surface area contributed by atoms with E-state index in [4.69, 9.17) is 0 Å². The van der Waals surface area contributed by atoms with Crippen molar-refractivity contribution in [3.05, 3.63) is 0 Å². The van der Waals surface area contributed by atoms with Gasteiger partial charge in [0.05, 0.1) is 0 Å². The lowest BCUT2D eigenvalue weighted by Gasteiger charge is -2.37. The van der Waals surface area contributed by atoms with Crippen molar-refractivity contribution in [3.8, 4) is 0 Å². The Morgan fingerprint density at radius 2 is 1.80 bits per heavy atom. The van der Waals surface area contributed by atoms with Gasteiger partial charge in [-0.05, 0) is 43.4 Å². The molecule has 1 aliphatic carbocycles. The van der Waals surface area contributed by atoms with Crippen LogP contribution in [0.4, 0.5) is 4.79 Å².